The van der Waals surface area contributed by atoms with E-state index in [1.54, 1.807) is 30.3 Å². The van der Waals surface area contributed by atoms with Gasteiger partial charge in [-0.25, -0.2) is 5.06 Å². The molecule has 2 aliphatic rings. The molecule has 8 nitrogen and oxygen atoms in total. The molecule has 0 radical (unpaired) electrons. The van der Waals surface area contributed by atoms with E-state index in [1.807, 2.05) is 30.3 Å². The summed E-state index contributed by atoms with van der Waals surface area (Å²) in [7, 11) is 0. The van der Waals surface area contributed by atoms with E-state index in [2.05, 4.69) is 0 Å². The number of hydrogen-bond donors (Lipinski definition) is 0. The van der Waals surface area contributed by atoms with Gasteiger partial charge < -0.3 is 0 Å². The standard InChI is InChI=1S/C24H18ClN3O5/c25-19-12-5-4-11-18(19)21-20-22(33-27(21)16-9-6-10-17(13-16)28(31)32)24(30)26(23(20)29)14-15-7-2-1-3-8-15/h1-13,20-22H,14H2/t20-,21+,22+/m0/s1. The van der Waals surface area contributed by atoms with Crippen LogP contribution in [0.25, 0.3) is 0 Å². The van der Waals surface area contributed by atoms with Crippen LogP contribution < -0.4 is 5.06 Å². The summed E-state index contributed by atoms with van der Waals surface area (Å²) in [6.45, 7) is 0.140. The van der Waals surface area contributed by atoms with Gasteiger partial charge in [0.05, 0.1) is 23.2 Å². The molecule has 2 heterocycles. The number of likely N-dealkylation sites (tertiary alicyclic amines) is 1. The van der Waals surface area contributed by atoms with Crippen LogP contribution in [0.3, 0.4) is 0 Å². The molecular formula is C24H18ClN3O5. The Balaban J connectivity index is 1.56. The van der Waals surface area contributed by atoms with Gasteiger partial charge in [-0.15, -0.1) is 0 Å². The first kappa shape index (κ1) is 21.1. The third-order valence-electron chi connectivity index (χ3n) is 5.91. The number of hydrogen-bond acceptors (Lipinski definition) is 6. The predicted molar refractivity (Wildman–Crippen MR) is 120 cm³/mol. The number of nitro groups is 1. The molecule has 2 aliphatic heterocycles. The summed E-state index contributed by atoms with van der Waals surface area (Å²) in [5.41, 5.74) is 1.65. The van der Waals surface area contributed by atoms with Gasteiger partial charge in [0.15, 0.2) is 6.10 Å². The molecule has 0 bridgehead atoms. The maximum atomic E-state index is 13.5. The lowest BCUT2D eigenvalue weighted by atomic mass is 9.90. The van der Waals surface area contributed by atoms with E-state index in [9.17, 15) is 19.7 Å². The number of nitro benzene ring substituents is 1. The number of imide groups is 1. The molecule has 166 valence electrons. The molecule has 9 heteroatoms. The van der Waals surface area contributed by atoms with Crippen LogP contribution in [0.4, 0.5) is 11.4 Å². The van der Waals surface area contributed by atoms with E-state index in [-0.39, 0.29) is 18.1 Å². The van der Waals surface area contributed by atoms with E-state index in [0.29, 0.717) is 16.3 Å². The fourth-order valence-corrected chi connectivity index (χ4v) is 4.64. The molecular weight excluding hydrogens is 446 g/mol. The molecule has 5 rings (SSSR count). The second-order valence-electron chi connectivity index (χ2n) is 7.87. The molecule has 0 aliphatic carbocycles. The van der Waals surface area contributed by atoms with E-state index >= 15 is 0 Å². The van der Waals surface area contributed by atoms with Gasteiger partial charge in [0.1, 0.15) is 5.92 Å². The van der Waals surface area contributed by atoms with Crippen LogP contribution in [0.1, 0.15) is 17.2 Å². The van der Waals surface area contributed by atoms with Gasteiger partial charge in [0.2, 0.25) is 5.91 Å². The van der Waals surface area contributed by atoms with Crippen molar-refractivity contribution in [2.24, 2.45) is 5.92 Å². The molecule has 0 saturated carbocycles. The van der Waals surface area contributed by atoms with Gasteiger partial charge in [-0.05, 0) is 23.3 Å². The predicted octanol–water partition coefficient (Wildman–Crippen LogP) is 4.29. The lowest BCUT2D eigenvalue weighted by Gasteiger charge is -2.29. The van der Waals surface area contributed by atoms with E-state index in [4.69, 9.17) is 16.4 Å². The van der Waals surface area contributed by atoms with E-state index in [1.165, 1.54) is 28.2 Å². The van der Waals surface area contributed by atoms with Crippen LogP contribution in [0.5, 0.6) is 0 Å². The minimum absolute atomic E-state index is 0.130. The average Bonchev–Trinajstić information content (AvgIpc) is 3.32. The zero-order chi connectivity index (χ0) is 23.1. The summed E-state index contributed by atoms with van der Waals surface area (Å²) in [6, 6.07) is 21.4. The highest BCUT2D eigenvalue weighted by Crippen LogP contribution is 2.48. The van der Waals surface area contributed by atoms with Crippen molar-refractivity contribution >= 4 is 34.8 Å². The second kappa shape index (κ2) is 8.31. The molecule has 0 aromatic heterocycles. The number of nitrogens with zero attached hydrogens (tertiary/aromatic N) is 3. The first-order chi connectivity index (χ1) is 16.0. The Kier molecular flexibility index (Phi) is 5.32. The van der Waals surface area contributed by atoms with Crippen molar-refractivity contribution < 1.29 is 19.3 Å². The summed E-state index contributed by atoms with van der Waals surface area (Å²) < 4.78 is 0. The quantitative estimate of drug-likeness (QED) is 0.318. The Morgan fingerprint density at radius 1 is 0.939 bits per heavy atom. The van der Waals surface area contributed by atoms with Crippen molar-refractivity contribution in [2.45, 2.75) is 18.7 Å². The number of halogens is 1. The van der Waals surface area contributed by atoms with Crippen LogP contribution >= 0.6 is 11.6 Å². The minimum atomic E-state index is -1.05. The van der Waals surface area contributed by atoms with E-state index in [0.717, 1.165) is 5.56 Å². The number of carbonyl (C=O) groups is 2. The number of amides is 2. The maximum absolute atomic E-state index is 13.5. The van der Waals surface area contributed by atoms with Gasteiger partial charge in [0.25, 0.3) is 11.6 Å². The van der Waals surface area contributed by atoms with Crippen molar-refractivity contribution in [1.29, 1.82) is 0 Å². The zero-order valence-corrected chi connectivity index (χ0v) is 18.0. The molecule has 0 spiro atoms. The Bertz CT molecular complexity index is 1250. The number of hydroxylamine groups is 1. The molecule has 3 atom stereocenters. The monoisotopic (exact) mass is 463 g/mol. The Hall–Kier alpha value is -3.75. The highest BCUT2D eigenvalue weighted by molar-refractivity contribution is 6.31. The number of carbonyl (C=O) groups excluding carboxylic acids is 2. The van der Waals surface area contributed by atoms with E-state index < -0.39 is 28.9 Å². The van der Waals surface area contributed by atoms with Crippen molar-refractivity contribution in [2.75, 3.05) is 5.06 Å². The van der Waals surface area contributed by atoms with Gasteiger partial charge in [-0.3, -0.25) is 29.4 Å². The summed E-state index contributed by atoms with van der Waals surface area (Å²) in [6.07, 6.45) is -1.05. The normalized spacial score (nSPS) is 22.0. The fraction of sp³-hybridized carbons (Fsp3) is 0.167. The molecule has 2 fully saturated rings. The number of non-ortho nitro benzene ring substituents is 1. The first-order valence-corrected chi connectivity index (χ1v) is 10.7. The molecule has 3 aromatic carbocycles. The number of fused-ring (bicyclic) bond motifs is 1. The summed E-state index contributed by atoms with van der Waals surface area (Å²) >= 11 is 6.48. The average molecular weight is 464 g/mol. The van der Waals surface area contributed by atoms with Crippen molar-refractivity contribution in [3.8, 4) is 0 Å². The van der Waals surface area contributed by atoms with Gasteiger partial charge in [0, 0.05) is 17.2 Å². The molecule has 0 unspecified atom stereocenters. The molecule has 2 saturated heterocycles. The van der Waals surface area contributed by atoms with Crippen molar-refractivity contribution in [1.82, 2.24) is 4.90 Å². The lowest BCUT2D eigenvalue weighted by molar-refractivity contribution is -0.384. The zero-order valence-electron chi connectivity index (χ0n) is 17.2. The molecule has 33 heavy (non-hydrogen) atoms. The van der Waals surface area contributed by atoms with Crippen LogP contribution in [0.2, 0.25) is 5.02 Å². The first-order valence-electron chi connectivity index (χ1n) is 10.3. The van der Waals surface area contributed by atoms with Crippen LogP contribution in [-0.4, -0.2) is 27.7 Å². The van der Waals surface area contributed by atoms with Crippen LogP contribution in [-0.2, 0) is 21.0 Å². The Labute approximate surface area is 194 Å². The second-order valence-corrected chi connectivity index (χ2v) is 8.28. The highest BCUT2D eigenvalue weighted by atomic mass is 35.5. The van der Waals surface area contributed by atoms with Crippen LogP contribution in [0.15, 0.2) is 78.9 Å². The highest BCUT2D eigenvalue weighted by Gasteiger charge is 2.60. The molecule has 2 amide bonds. The Morgan fingerprint density at radius 2 is 1.67 bits per heavy atom. The van der Waals surface area contributed by atoms with Crippen molar-refractivity contribution in [3.05, 3.63) is 105 Å². The fourth-order valence-electron chi connectivity index (χ4n) is 4.39. The SMILES string of the molecule is O=C1[C@H]2[C@@H](c3ccccc3Cl)N(c3cccc([N+](=O)[O-])c3)O[C@H]2C(=O)N1Cc1ccccc1. The van der Waals surface area contributed by atoms with Gasteiger partial charge in [-0.2, -0.15) is 0 Å². The third-order valence-corrected chi connectivity index (χ3v) is 6.25. The molecule has 3 aromatic rings. The topological polar surface area (TPSA) is 93.0 Å². The van der Waals surface area contributed by atoms with Gasteiger partial charge >= 0.3 is 0 Å². The maximum Gasteiger partial charge on any atom is 0.271 e. The summed E-state index contributed by atoms with van der Waals surface area (Å²) in [5, 5.41) is 13.1. The Morgan fingerprint density at radius 3 is 2.39 bits per heavy atom. The summed E-state index contributed by atoms with van der Waals surface area (Å²) in [4.78, 5) is 44.7. The van der Waals surface area contributed by atoms with Gasteiger partial charge in [-0.1, -0.05) is 66.2 Å². The largest absolute Gasteiger partial charge is 0.275 e. The number of anilines is 1. The summed E-state index contributed by atoms with van der Waals surface area (Å²) in [5.74, 6) is -1.66. The molecule has 0 N–H and O–H groups in total. The number of rotatable bonds is 5. The minimum Gasteiger partial charge on any atom is -0.275 e. The van der Waals surface area contributed by atoms with Crippen molar-refractivity contribution in [3.63, 3.8) is 0 Å². The third kappa shape index (κ3) is 3.63. The lowest BCUT2D eigenvalue weighted by Crippen LogP contribution is -2.37. The smallest absolute Gasteiger partial charge is 0.271 e. The van der Waals surface area contributed by atoms with Crippen LogP contribution in [0, 0.1) is 16.0 Å². The number of benzene rings is 3.